The van der Waals surface area contributed by atoms with Crippen LogP contribution in [0.3, 0.4) is 0 Å². The largest absolute Gasteiger partial charge is 0.494 e. The van der Waals surface area contributed by atoms with Gasteiger partial charge < -0.3 is 15.8 Å². The number of hydrogen-bond donors (Lipinski definition) is 2. The second-order valence-electron chi connectivity index (χ2n) is 6.65. The molecule has 0 saturated heterocycles. The molecule has 1 amide bonds. The molecule has 3 N–H and O–H groups in total. The third kappa shape index (κ3) is 5.54. The SMILES string of the molecule is Cc1ccc(OCCCC(=O)NC2CCCCC2CN)cc1C. The van der Waals surface area contributed by atoms with Crippen LogP contribution in [0.1, 0.15) is 49.7 Å². The van der Waals surface area contributed by atoms with Gasteiger partial charge in [0.2, 0.25) is 5.91 Å². The van der Waals surface area contributed by atoms with Crippen LogP contribution in [-0.4, -0.2) is 25.1 Å². The molecule has 4 heteroatoms. The number of amides is 1. The molecule has 0 aromatic heterocycles. The van der Waals surface area contributed by atoms with Gasteiger partial charge in [0.1, 0.15) is 5.75 Å². The minimum absolute atomic E-state index is 0.124. The van der Waals surface area contributed by atoms with Gasteiger partial charge in [-0.25, -0.2) is 0 Å². The molecule has 23 heavy (non-hydrogen) atoms. The first-order valence-corrected chi connectivity index (χ1v) is 8.79. The number of ether oxygens (including phenoxy) is 1. The maximum Gasteiger partial charge on any atom is 0.220 e. The minimum atomic E-state index is 0.124. The van der Waals surface area contributed by atoms with Crippen molar-refractivity contribution in [3.63, 3.8) is 0 Å². The molecule has 0 heterocycles. The molecule has 1 saturated carbocycles. The zero-order valence-electron chi connectivity index (χ0n) is 14.4. The van der Waals surface area contributed by atoms with Crippen LogP contribution in [0, 0.1) is 19.8 Å². The third-order valence-corrected chi connectivity index (χ3v) is 4.85. The summed E-state index contributed by atoms with van der Waals surface area (Å²) in [7, 11) is 0. The van der Waals surface area contributed by atoms with Gasteiger partial charge in [-0.15, -0.1) is 0 Å². The highest BCUT2D eigenvalue weighted by molar-refractivity contribution is 5.76. The van der Waals surface area contributed by atoms with Crippen molar-refractivity contribution in [2.24, 2.45) is 11.7 Å². The highest BCUT2D eigenvalue weighted by Crippen LogP contribution is 2.23. The average molecular weight is 318 g/mol. The highest BCUT2D eigenvalue weighted by atomic mass is 16.5. The van der Waals surface area contributed by atoms with Crippen LogP contribution >= 0.6 is 0 Å². The van der Waals surface area contributed by atoms with E-state index in [9.17, 15) is 4.79 Å². The predicted molar refractivity (Wildman–Crippen MR) is 93.6 cm³/mol. The molecule has 0 bridgehead atoms. The predicted octanol–water partition coefficient (Wildman–Crippen LogP) is 3.10. The standard InChI is InChI=1S/C19H30N2O2/c1-14-9-10-17(12-15(14)2)23-11-5-8-19(22)21-18-7-4-3-6-16(18)13-20/h9-10,12,16,18H,3-8,11,13,20H2,1-2H3,(H,21,22). The van der Waals surface area contributed by atoms with Crippen molar-refractivity contribution in [2.45, 2.75) is 58.4 Å². The Balaban J connectivity index is 1.67. The number of benzene rings is 1. The van der Waals surface area contributed by atoms with E-state index in [1.807, 2.05) is 12.1 Å². The monoisotopic (exact) mass is 318 g/mol. The molecule has 2 atom stereocenters. The number of nitrogens with one attached hydrogen (secondary N) is 1. The quantitative estimate of drug-likeness (QED) is 0.759. The van der Waals surface area contributed by atoms with Gasteiger partial charge in [0.05, 0.1) is 6.61 Å². The summed E-state index contributed by atoms with van der Waals surface area (Å²) >= 11 is 0. The second kappa shape index (κ2) is 8.92. The van der Waals surface area contributed by atoms with Crippen molar-refractivity contribution in [3.05, 3.63) is 29.3 Å². The van der Waals surface area contributed by atoms with Gasteiger partial charge in [0.25, 0.3) is 0 Å². The van der Waals surface area contributed by atoms with E-state index in [4.69, 9.17) is 10.5 Å². The molecule has 0 aliphatic heterocycles. The summed E-state index contributed by atoms with van der Waals surface area (Å²) < 4.78 is 5.72. The molecule has 2 unspecified atom stereocenters. The zero-order chi connectivity index (χ0) is 16.7. The molecule has 128 valence electrons. The molecular weight excluding hydrogens is 288 g/mol. The van der Waals surface area contributed by atoms with E-state index in [1.165, 1.54) is 24.0 Å². The van der Waals surface area contributed by atoms with Gasteiger partial charge in [0.15, 0.2) is 0 Å². The number of carbonyl (C=O) groups is 1. The number of aryl methyl sites for hydroxylation is 2. The Morgan fingerprint density at radius 2 is 2.04 bits per heavy atom. The van der Waals surface area contributed by atoms with Gasteiger partial charge in [-0.3, -0.25) is 4.79 Å². The maximum atomic E-state index is 12.1. The van der Waals surface area contributed by atoms with E-state index in [0.717, 1.165) is 25.0 Å². The van der Waals surface area contributed by atoms with E-state index in [0.29, 0.717) is 25.5 Å². The summed E-state index contributed by atoms with van der Waals surface area (Å²) in [6.07, 6.45) is 5.87. The molecular formula is C19H30N2O2. The normalized spacial score (nSPS) is 21.0. The molecule has 1 fully saturated rings. The highest BCUT2D eigenvalue weighted by Gasteiger charge is 2.24. The Morgan fingerprint density at radius 1 is 1.26 bits per heavy atom. The van der Waals surface area contributed by atoms with E-state index in [-0.39, 0.29) is 11.9 Å². The van der Waals surface area contributed by atoms with E-state index < -0.39 is 0 Å². The van der Waals surface area contributed by atoms with Gasteiger partial charge >= 0.3 is 0 Å². The molecule has 0 spiro atoms. The minimum Gasteiger partial charge on any atom is -0.494 e. The van der Waals surface area contributed by atoms with Crippen LogP contribution in [0.5, 0.6) is 5.75 Å². The van der Waals surface area contributed by atoms with Crippen LogP contribution in [0.4, 0.5) is 0 Å². The van der Waals surface area contributed by atoms with Crippen molar-refractivity contribution < 1.29 is 9.53 Å². The van der Waals surface area contributed by atoms with E-state index in [2.05, 4.69) is 25.2 Å². The molecule has 1 aliphatic rings. The van der Waals surface area contributed by atoms with Crippen molar-refractivity contribution in [3.8, 4) is 5.75 Å². The van der Waals surface area contributed by atoms with Gasteiger partial charge in [-0.2, -0.15) is 0 Å². The van der Waals surface area contributed by atoms with Crippen LogP contribution in [0.2, 0.25) is 0 Å². The lowest BCUT2D eigenvalue weighted by atomic mass is 9.84. The van der Waals surface area contributed by atoms with Gasteiger partial charge in [-0.05, 0) is 68.8 Å². The van der Waals surface area contributed by atoms with Crippen LogP contribution in [-0.2, 0) is 4.79 Å². The molecule has 4 nitrogen and oxygen atoms in total. The van der Waals surface area contributed by atoms with Crippen molar-refractivity contribution in [1.82, 2.24) is 5.32 Å². The Bertz CT molecular complexity index is 516. The molecule has 1 aromatic carbocycles. The summed E-state index contributed by atoms with van der Waals surface area (Å²) in [4.78, 5) is 12.1. The fourth-order valence-electron chi connectivity index (χ4n) is 3.19. The Labute approximate surface area is 139 Å². The van der Waals surface area contributed by atoms with Crippen LogP contribution < -0.4 is 15.8 Å². The number of nitrogens with two attached hydrogens (primary N) is 1. The number of rotatable bonds is 7. The van der Waals surface area contributed by atoms with Crippen LogP contribution in [0.25, 0.3) is 0 Å². The average Bonchev–Trinajstić information content (AvgIpc) is 2.55. The second-order valence-corrected chi connectivity index (χ2v) is 6.65. The van der Waals surface area contributed by atoms with Crippen molar-refractivity contribution in [2.75, 3.05) is 13.2 Å². The van der Waals surface area contributed by atoms with Gasteiger partial charge in [0, 0.05) is 12.5 Å². The number of hydrogen-bond acceptors (Lipinski definition) is 3. The lowest BCUT2D eigenvalue weighted by Gasteiger charge is -2.31. The summed E-state index contributed by atoms with van der Waals surface area (Å²) in [5.41, 5.74) is 8.30. The Morgan fingerprint density at radius 3 is 2.78 bits per heavy atom. The lowest BCUT2D eigenvalue weighted by Crippen LogP contribution is -2.44. The molecule has 1 aromatic rings. The Hall–Kier alpha value is -1.55. The zero-order valence-corrected chi connectivity index (χ0v) is 14.4. The summed E-state index contributed by atoms with van der Waals surface area (Å²) in [5.74, 6) is 1.45. The lowest BCUT2D eigenvalue weighted by molar-refractivity contribution is -0.122. The maximum absolute atomic E-state index is 12.1. The molecule has 1 aliphatic carbocycles. The first-order chi connectivity index (χ1) is 11.1. The fourth-order valence-corrected chi connectivity index (χ4v) is 3.19. The molecule has 2 rings (SSSR count). The van der Waals surface area contributed by atoms with E-state index >= 15 is 0 Å². The Kier molecular flexibility index (Phi) is 6.90. The number of carbonyl (C=O) groups excluding carboxylic acids is 1. The van der Waals surface area contributed by atoms with Crippen molar-refractivity contribution in [1.29, 1.82) is 0 Å². The van der Waals surface area contributed by atoms with Crippen molar-refractivity contribution >= 4 is 5.91 Å². The first kappa shape index (κ1) is 17.8. The third-order valence-electron chi connectivity index (χ3n) is 4.85. The van der Waals surface area contributed by atoms with E-state index in [1.54, 1.807) is 0 Å². The smallest absolute Gasteiger partial charge is 0.220 e. The summed E-state index contributed by atoms with van der Waals surface area (Å²) in [5, 5.41) is 3.16. The molecule has 0 radical (unpaired) electrons. The van der Waals surface area contributed by atoms with Crippen LogP contribution in [0.15, 0.2) is 18.2 Å². The summed E-state index contributed by atoms with van der Waals surface area (Å²) in [6.45, 7) is 5.40. The van der Waals surface area contributed by atoms with Gasteiger partial charge in [-0.1, -0.05) is 18.9 Å². The topological polar surface area (TPSA) is 64.3 Å². The fraction of sp³-hybridized carbons (Fsp3) is 0.632. The summed E-state index contributed by atoms with van der Waals surface area (Å²) in [6, 6.07) is 6.36. The first-order valence-electron chi connectivity index (χ1n) is 8.79.